The summed E-state index contributed by atoms with van der Waals surface area (Å²) in [5, 5.41) is 9.34. The van der Waals surface area contributed by atoms with Crippen LogP contribution in [0.4, 0.5) is 0 Å². The fourth-order valence-electron chi connectivity index (χ4n) is 15.3. The Labute approximate surface area is 585 Å². The largest absolute Gasteiger partial charge is 0.494 e. The van der Waals surface area contributed by atoms with Gasteiger partial charge in [0.2, 0.25) is 29.5 Å². The van der Waals surface area contributed by atoms with E-state index in [1.807, 2.05) is 150 Å². The van der Waals surface area contributed by atoms with Crippen molar-refractivity contribution in [3.8, 4) is 17.2 Å². The highest BCUT2D eigenvalue weighted by Crippen LogP contribution is 2.36. The van der Waals surface area contributed by atoms with Gasteiger partial charge in [0.05, 0.1) is 31.9 Å². The van der Waals surface area contributed by atoms with Gasteiger partial charge < -0.3 is 64.3 Å². The van der Waals surface area contributed by atoms with Gasteiger partial charge in [-0.05, 0) is 162 Å². The summed E-state index contributed by atoms with van der Waals surface area (Å²) in [4.78, 5) is 72.0. The number of nitrogens with one attached hydrogen (secondary N) is 2. The van der Waals surface area contributed by atoms with E-state index in [1.165, 1.54) is 16.7 Å². The zero-order valence-corrected chi connectivity index (χ0v) is 57.9. The summed E-state index contributed by atoms with van der Waals surface area (Å²) in [5.74, 6) is 4.81. The number of rotatable bonds is 4. The highest BCUT2D eigenvalue weighted by molar-refractivity contribution is 5.91. The molecule has 9 aromatic rings. The first-order chi connectivity index (χ1) is 48.7. The van der Waals surface area contributed by atoms with Crippen LogP contribution >= 0.6 is 0 Å². The maximum Gasteiger partial charge on any atom is 0.245 e. The van der Waals surface area contributed by atoms with Crippen molar-refractivity contribution in [1.82, 2.24) is 25.3 Å². The minimum atomic E-state index is -0.687. The minimum absolute atomic E-state index is 0.00303. The number of ether oxygens (including phenoxy) is 3. The van der Waals surface area contributed by atoms with Crippen LogP contribution in [0.1, 0.15) is 129 Å². The normalized spacial score (nSPS) is 21.9. The molecule has 6 aromatic carbocycles. The third-order valence-electron chi connectivity index (χ3n) is 20.7. The molecule has 18 rings (SSSR count). The van der Waals surface area contributed by atoms with Crippen LogP contribution in [0.2, 0.25) is 0 Å². The summed E-state index contributed by atoms with van der Waals surface area (Å²) in [6.07, 6.45) is 14.5. The fourth-order valence-corrected chi connectivity index (χ4v) is 15.3. The number of fused-ring (bicyclic) bond motifs is 24. The first kappa shape index (κ1) is 69.1. The lowest BCUT2D eigenvalue weighted by atomic mass is 9.98. The average Bonchev–Trinajstić information content (AvgIpc) is 1.64. The lowest BCUT2D eigenvalue weighted by Crippen LogP contribution is -2.54. The molecule has 7 atom stereocenters. The summed E-state index contributed by atoms with van der Waals surface area (Å²) in [6, 6.07) is 45.9. The molecule has 3 aromatic heterocycles. The smallest absolute Gasteiger partial charge is 0.245 e. The Morgan fingerprint density at radius 3 is 1.10 bits per heavy atom. The number of aryl methyl sites for hydroxylation is 3. The number of hydrogen-bond acceptors (Lipinski definition) is 13. The lowest BCUT2D eigenvalue weighted by Gasteiger charge is -2.30. The van der Waals surface area contributed by atoms with E-state index in [4.69, 9.17) is 38.9 Å². The molecule has 18 nitrogen and oxygen atoms in total. The number of nitrogens with zero attached hydrogens (tertiary/aromatic N) is 3. The predicted octanol–water partition coefficient (Wildman–Crippen LogP) is 11.9. The molecule has 12 heterocycles. The lowest BCUT2D eigenvalue weighted by molar-refractivity contribution is -0.137. The molecule has 100 heavy (non-hydrogen) atoms. The first-order valence-electron chi connectivity index (χ1n) is 36.3. The predicted molar refractivity (Wildman–Crippen MR) is 386 cm³/mol. The quantitative estimate of drug-likeness (QED) is 0.128. The van der Waals surface area contributed by atoms with Gasteiger partial charge in [-0.25, -0.2) is 0 Å². The SMILES string of the molecule is CC(C)C(=O)N[C@H]1Cc2ccc(cc2)OCCCc2oc3ccccc3c2C[C@@H]2CCCN2C1=O.C[C@H](N)C(=O)N[C@H]1Cc2ccc(cc2)OCCCc2oc3ccccc3c2C[C@@H]2CCCN2C1=O.N[C@H]1Cc2ccc(cc2)OCCCc2oc3ccccc3c2C[C@@H]2CCCN2C1=O. The average molecular weight is 1350 g/mol. The van der Waals surface area contributed by atoms with Crippen molar-refractivity contribution in [2.75, 3.05) is 39.5 Å². The fraction of sp³-hybridized carbons (Fsp3) is 0.427. The van der Waals surface area contributed by atoms with E-state index in [-0.39, 0.29) is 53.6 Å². The van der Waals surface area contributed by atoms with Crippen molar-refractivity contribution in [3.05, 3.63) is 196 Å². The third-order valence-corrected chi connectivity index (χ3v) is 20.7. The van der Waals surface area contributed by atoms with Gasteiger partial charge in [-0.15, -0.1) is 0 Å². The number of carbonyl (C=O) groups is 5. The number of furan rings is 3. The third kappa shape index (κ3) is 16.2. The second-order valence-corrected chi connectivity index (χ2v) is 28.2. The molecule has 524 valence electrons. The Hall–Kier alpha value is -9.39. The van der Waals surface area contributed by atoms with Crippen molar-refractivity contribution in [3.63, 3.8) is 0 Å². The van der Waals surface area contributed by atoms with Gasteiger partial charge in [0.25, 0.3) is 0 Å². The van der Waals surface area contributed by atoms with E-state index in [0.29, 0.717) is 45.6 Å². The minimum Gasteiger partial charge on any atom is -0.494 e. The van der Waals surface area contributed by atoms with Crippen LogP contribution < -0.4 is 36.3 Å². The summed E-state index contributed by atoms with van der Waals surface area (Å²) in [6.45, 7) is 9.37. The summed E-state index contributed by atoms with van der Waals surface area (Å²) < 4.78 is 36.6. The monoisotopic (exact) mass is 1350 g/mol. The zero-order valence-electron chi connectivity index (χ0n) is 57.9. The number of hydrogen-bond donors (Lipinski definition) is 4. The number of para-hydroxylation sites is 3. The summed E-state index contributed by atoms with van der Waals surface area (Å²) >= 11 is 0. The van der Waals surface area contributed by atoms with E-state index < -0.39 is 24.2 Å². The zero-order chi connectivity index (χ0) is 69.2. The molecule has 0 spiro atoms. The van der Waals surface area contributed by atoms with Crippen LogP contribution in [0.25, 0.3) is 32.9 Å². The van der Waals surface area contributed by atoms with Crippen LogP contribution in [-0.4, -0.2) is 126 Å². The molecule has 5 amide bonds. The van der Waals surface area contributed by atoms with Crippen LogP contribution in [0.3, 0.4) is 0 Å². The molecular formula is C82H95N7O11. The molecule has 0 radical (unpaired) electrons. The Morgan fingerprint density at radius 2 is 0.750 bits per heavy atom. The topological polar surface area (TPSA) is 238 Å². The number of carbonyl (C=O) groups excluding carboxylic acids is 5. The second-order valence-electron chi connectivity index (χ2n) is 28.2. The molecule has 0 saturated carbocycles. The molecule has 9 aliphatic rings. The van der Waals surface area contributed by atoms with Crippen molar-refractivity contribution < 1.29 is 51.4 Å². The van der Waals surface area contributed by atoms with Gasteiger partial charge in [0, 0.05) is 109 Å². The highest BCUT2D eigenvalue weighted by atomic mass is 16.5. The standard InChI is InChI=1S/C29H34N2O4.C28H33N3O4.C25H28N2O3/c1-19(2)28(32)30-25-17-20-11-13-22(14-12-20)34-16-6-10-27-24(23-8-3-4-9-26(23)35-27)18-21-7-5-15-31(21)29(25)33;1-18(29)27(32)30-24-16-19-10-12-21(13-11-19)34-15-5-9-26-23(22-7-2-3-8-25(22)35-26)17-20-6-4-14-31(20)28(24)33;26-22-15-17-9-11-19(12-10-17)29-14-4-8-24-21(20-6-1-2-7-23(20)30-24)16-18-5-3-13-27(18)25(22)28/h3-4,8-9,11-14,19,21,25H,5-7,10,15-18H2,1-2H3,(H,30,32);2-3,7-8,10-13,18,20,24H,4-6,9,14-17,29H2,1H3,(H,30,32);1-2,6-7,9-12,18,22H,3-5,8,13-16,26H2/t21-,25-;18-,20-,24-;18-,22-/m000/s1. The molecule has 18 heteroatoms. The molecular weight excluding hydrogens is 1260 g/mol. The van der Waals surface area contributed by atoms with Crippen LogP contribution in [-0.2, 0) is 81.8 Å². The summed E-state index contributed by atoms with van der Waals surface area (Å²) in [7, 11) is 0. The Kier molecular flexibility index (Phi) is 22.0. The van der Waals surface area contributed by atoms with Crippen molar-refractivity contribution >= 4 is 62.4 Å². The molecule has 3 fully saturated rings. The summed E-state index contributed by atoms with van der Waals surface area (Å²) in [5.41, 5.74) is 21.5. The van der Waals surface area contributed by atoms with Gasteiger partial charge in [-0.2, -0.15) is 0 Å². The number of amides is 5. The van der Waals surface area contributed by atoms with Crippen molar-refractivity contribution in [2.45, 2.75) is 179 Å². The molecule has 6 bridgehead atoms. The van der Waals surface area contributed by atoms with Gasteiger partial charge in [0.1, 0.15) is 63.4 Å². The number of nitrogens with two attached hydrogens (primary N) is 2. The van der Waals surface area contributed by atoms with Gasteiger partial charge in [-0.3, -0.25) is 24.0 Å². The Morgan fingerprint density at radius 1 is 0.420 bits per heavy atom. The van der Waals surface area contributed by atoms with Crippen LogP contribution in [0, 0.1) is 5.92 Å². The molecule has 0 unspecified atom stereocenters. The first-order valence-corrected chi connectivity index (χ1v) is 36.3. The maximum atomic E-state index is 13.9. The van der Waals surface area contributed by atoms with Crippen molar-refractivity contribution in [2.24, 2.45) is 17.4 Å². The van der Waals surface area contributed by atoms with E-state index in [9.17, 15) is 24.0 Å². The van der Waals surface area contributed by atoms with E-state index in [2.05, 4.69) is 34.9 Å². The highest BCUT2D eigenvalue weighted by Gasteiger charge is 2.39. The van der Waals surface area contributed by atoms with E-state index in [0.717, 1.165) is 194 Å². The van der Waals surface area contributed by atoms with E-state index >= 15 is 0 Å². The van der Waals surface area contributed by atoms with Crippen LogP contribution in [0.15, 0.2) is 159 Å². The Bertz CT molecular complexity index is 4120. The van der Waals surface area contributed by atoms with Crippen LogP contribution in [0.5, 0.6) is 17.2 Å². The maximum absolute atomic E-state index is 13.9. The number of benzene rings is 6. The molecule has 0 aliphatic carbocycles. The van der Waals surface area contributed by atoms with Gasteiger partial charge in [0.15, 0.2) is 0 Å². The Balaban J connectivity index is 0.000000135. The van der Waals surface area contributed by atoms with Crippen molar-refractivity contribution in [1.29, 1.82) is 0 Å². The van der Waals surface area contributed by atoms with Gasteiger partial charge in [-0.1, -0.05) is 105 Å². The molecule has 6 N–H and O–H groups in total. The van der Waals surface area contributed by atoms with Gasteiger partial charge >= 0.3 is 0 Å². The van der Waals surface area contributed by atoms with E-state index in [1.54, 1.807) is 6.92 Å². The molecule has 3 saturated heterocycles. The second kappa shape index (κ2) is 31.9. The molecule has 9 aliphatic heterocycles.